The van der Waals surface area contributed by atoms with Gasteiger partial charge in [-0.05, 0) is 34.1 Å². The van der Waals surface area contributed by atoms with Crippen LogP contribution in [-0.4, -0.2) is 0 Å². The van der Waals surface area contributed by atoms with Gasteiger partial charge in [-0.1, -0.05) is 23.7 Å². The third kappa shape index (κ3) is 3.16. The molecule has 2 aromatic carbocycles. The van der Waals surface area contributed by atoms with E-state index < -0.39 is 11.6 Å². The maximum atomic E-state index is 13.5. The van der Waals surface area contributed by atoms with E-state index in [2.05, 4.69) is 15.9 Å². The summed E-state index contributed by atoms with van der Waals surface area (Å²) in [6.45, 7) is -0.131. The minimum absolute atomic E-state index is 0.112. The van der Waals surface area contributed by atoms with Crippen LogP contribution in [-0.2, 0) is 6.61 Å². The molecule has 0 aromatic heterocycles. The summed E-state index contributed by atoms with van der Waals surface area (Å²) >= 11 is 9.06. The number of hydrogen-bond acceptors (Lipinski definition) is 2. The van der Waals surface area contributed by atoms with E-state index in [0.717, 1.165) is 6.07 Å². The number of benzene rings is 2. The van der Waals surface area contributed by atoms with Crippen molar-refractivity contribution in [2.45, 2.75) is 6.61 Å². The predicted molar refractivity (Wildman–Crippen MR) is 74.3 cm³/mol. The smallest absolute Gasteiger partial charge is 0.165 e. The average molecular weight is 349 g/mol. The number of halogens is 4. The lowest BCUT2D eigenvalue weighted by Crippen LogP contribution is -2.03. The Morgan fingerprint density at radius 1 is 1.26 bits per heavy atom. The van der Waals surface area contributed by atoms with Gasteiger partial charge in [0.25, 0.3) is 0 Å². The Labute approximate surface area is 122 Å². The number of rotatable bonds is 3. The van der Waals surface area contributed by atoms with Crippen LogP contribution >= 0.6 is 27.5 Å². The standard InChI is InChI=1S/C13H9BrClF2NO/c14-9-4-8(15)5-11(18)13(9)19-6-7-2-1-3-10(16)12(7)17/h1-5H,6,18H2. The molecule has 0 aliphatic rings. The molecular formula is C13H9BrClF2NO. The van der Waals surface area contributed by atoms with Crippen molar-refractivity contribution in [2.75, 3.05) is 5.73 Å². The SMILES string of the molecule is Nc1cc(Cl)cc(Br)c1OCc1cccc(F)c1F. The molecule has 2 rings (SSSR count). The molecule has 2 nitrogen and oxygen atoms in total. The first-order chi connectivity index (χ1) is 8.99. The van der Waals surface area contributed by atoms with Crippen molar-refractivity contribution in [3.05, 3.63) is 57.0 Å². The molecule has 2 N–H and O–H groups in total. The molecule has 0 bridgehead atoms. The molecule has 0 radical (unpaired) electrons. The van der Waals surface area contributed by atoms with Gasteiger partial charge >= 0.3 is 0 Å². The van der Waals surface area contributed by atoms with Crippen LogP contribution in [0.4, 0.5) is 14.5 Å². The van der Waals surface area contributed by atoms with Gasteiger partial charge in [-0.3, -0.25) is 0 Å². The molecule has 0 saturated heterocycles. The van der Waals surface area contributed by atoms with Crippen molar-refractivity contribution in [1.82, 2.24) is 0 Å². The lowest BCUT2D eigenvalue weighted by molar-refractivity contribution is 0.297. The molecule has 0 spiro atoms. The van der Waals surface area contributed by atoms with Crippen molar-refractivity contribution in [1.29, 1.82) is 0 Å². The summed E-state index contributed by atoms with van der Waals surface area (Å²) in [5.74, 6) is -1.50. The zero-order chi connectivity index (χ0) is 14.0. The van der Waals surface area contributed by atoms with E-state index in [1.54, 1.807) is 6.07 Å². The Morgan fingerprint density at radius 3 is 2.68 bits per heavy atom. The van der Waals surface area contributed by atoms with Crippen LogP contribution in [0, 0.1) is 11.6 Å². The maximum absolute atomic E-state index is 13.5. The van der Waals surface area contributed by atoms with E-state index in [1.807, 2.05) is 0 Å². The van der Waals surface area contributed by atoms with Crippen molar-refractivity contribution >= 4 is 33.2 Å². The molecular weight excluding hydrogens is 340 g/mol. The molecule has 100 valence electrons. The fraction of sp³-hybridized carbons (Fsp3) is 0.0769. The molecule has 0 aliphatic carbocycles. The van der Waals surface area contributed by atoms with Crippen LogP contribution in [0.3, 0.4) is 0 Å². The maximum Gasteiger partial charge on any atom is 0.165 e. The highest BCUT2D eigenvalue weighted by Gasteiger charge is 2.11. The van der Waals surface area contributed by atoms with Gasteiger partial charge in [-0.2, -0.15) is 0 Å². The number of nitrogens with two attached hydrogens (primary N) is 1. The number of hydrogen-bond donors (Lipinski definition) is 1. The molecule has 0 amide bonds. The van der Waals surface area contributed by atoms with Crippen molar-refractivity contribution in [3.8, 4) is 5.75 Å². The summed E-state index contributed by atoms with van der Waals surface area (Å²) < 4.78 is 32.4. The molecule has 19 heavy (non-hydrogen) atoms. The van der Waals surface area contributed by atoms with E-state index in [-0.39, 0.29) is 12.2 Å². The quantitative estimate of drug-likeness (QED) is 0.826. The van der Waals surface area contributed by atoms with Gasteiger partial charge in [0.1, 0.15) is 6.61 Å². The lowest BCUT2D eigenvalue weighted by Gasteiger charge is -2.12. The molecule has 0 atom stereocenters. The second kappa shape index (κ2) is 5.75. The van der Waals surface area contributed by atoms with E-state index >= 15 is 0 Å². The fourth-order valence-electron chi connectivity index (χ4n) is 1.54. The zero-order valence-corrected chi connectivity index (χ0v) is 11.9. The van der Waals surface area contributed by atoms with Crippen molar-refractivity contribution in [2.24, 2.45) is 0 Å². The second-order valence-corrected chi connectivity index (χ2v) is 5.10. The van der Waals surface area contributed by atoms with Crippen LogP contribution in [0.25, 0.3) is 0 Å². The summed E-state index contributed by atoms with van der Waals surface area (Å²) in [5, 5.41) is 0.452. The highest BCUT2D eigenvalue weighted by Crippen LogP contribution is 2.35. The van der Waals surface area contributed by atoms with E-state index in [0.29, 0.717) is 20.9 Å². The van der Waals surface area contributed by atoms with Gasteiger partial charge in [-0.25, -0.2) is 8.78 Å². The average Bonchev–Trinajstić information content (AvgIpc) is 2.33. The Kier molecular flexibility index (Phi) is 4.27. The largest absolute Gasteiger partial charge is 0.485 e. The topological polar surface area (TPSA) is 35.2 Å². The fourth-order valence-corrected chi connectivity index (χ4v) is 2.49. The van der Waals surface area contributed by atoms with Gasteiger partial charge in [0.2, 0.25) is 0 Å². The van der Waals surface area contributed by atoms with Crippen LogP contribution in [0.2, 0.25) is 5.02 Å². The van der Waals surface area contributed by atoms with Crippen LogP contribution in [0.15, 0.2) is 34.8 Å². The normalized spacial score (nSPS) is 10.5. The van der Waals surface area contributed by atoms with Gasteiger partial charge in [0.15, 0.2) is 17.4 Å². The first-order valence-corrected chi connectivity index (χ1v) is 6.46. The summed E-state index contributed by atoms with van der Waals surface area (Å²) in [7, 11) is 0. The first kappa shape index (κ1) is 14.1. The highest BCUT2D eigenvalue weighted by molar-refractivity contribution is 9.10. The molecule has 0 fully saturated rings. The summed E-state index contributed by atoms with van der Waals surface area (Å²) in [6.07, 6.45) is 0. The third-order valence-electron chi connectivity index (χ3n) is 2.44. The lowest BCUT2D eigenvalue weighted by atomic mass is 10.2. The zero-order valence-electron chi connectivity index (χ0n) is 9.59. The third-order valence-corrected chi connectivity index (χ3v) is 3.25. The monoisotopic (exact) mass is 347 g/mol. The summed E-state index contributed by atoms with van der Waals surface area (Å²) in [5.41, 5.74) is 6.18. The molecule has 0 saturated carbocycles. The van der Waals surface area contributed by atoms with Gasteiger partial charge in [0.05, 0.1) is 10.2 Å². The van der Waals surface area contributed by atoms with Crippen molar-refractivity contribution < 1.29 is 13.5 Å². The van der Waals surface area contributed by atoms with Gasteiger partial charge in [-0.15, -0.1) is 0 Å². The molecule has 6 heteroatoms. The molecule has 0 heterocycles. The van der Waals surface area contributed by atoms with Crippen molar-refractivity contribution in [3.63, 3.8) is 0 Å². The van der Waals surface area contributed by atoms with Crippen LogP contribution < -0.4 is 10.5 Å². The van der Waals surface area contributed by atoms with E-state index in [4.69, 9.17) is 22.1 Å². The highest BCUT2D eigenvalue weighted by atomic mass is 79.9. The number of ether oxygens (including phenoxy) is 1. The minimum atomic E-state index is -0.925. The van der Waals surface area contributed by atoms with E-state index in [9.17, 15) is 8.78 Å². The summed E-state index contributed by atoms with van der Waals surface area (Å²) in [4.78, 5) is 0. The first-order valence-electron chi connectivity index (χ1n) is 5.29. The molecule has 2 aromatic rings. The summed E-state index contributed by atoms with van der Waals surface area (Å²) in [6, 6.07) is 7.03. The predicted octanol–water partition coefficient (Wildman–Crippen LogP) is 4.54. The van der Waals surface area contributed by atoms with Gasteiger partial charge < -0.3 is 10.5 Å². The van der Waals surface area contributed by atoms with Crippen LogP contribution in [0.5, 0.6) is 5.75 Å². The minimum Gasteiger partial charge on any atom is -0.485 e. The Bertz CT molecular complexity index is 599. The number of nitrogen functional groups attached to an aromatic ring is 1. The molecule has 0 aliphatic heterocycles. The Hall–Kier alpha value is -1.33. The van der Waals surface area contributed by atoms with Crippen LogP contribution in [0.1, 0.15) is 5.56 Å². The number of anilines is 1. The molecule has 0 unspecified atom stereocenters. The second-order valence-electron chi connectivity index (χ2n) is 3.81. The van der Waals surface area contributed by atoms with Gasteiger partial charge in [0, 0.05) is 10.6 Å². The Morgan fingerprint density at radius 2 is 2.00 bits per heavy atom. The Balaban J connectivity index is 2.22. The van der Waals surface area contributed by atoms with E-state index in [1.165, 1.54) is 18.2 Å².